The van der Waals surface area contributed by atoms with Crippen LogP contribution < -0.4 is 0 Å². The van der Waals surface area contributed by atoms with Gasteiger partial charge in [-0.1, -0.05) is 151 Å². The third-order valence-electron chi connectivity index (χ3n) is 4.40. The molecule has 1 aliphatic carbocycles. The zero-order chi connectivity index (χ0) is 25.7. The molecule has 3 rings (SSSR count). The third kappa shape index (κ3) is 6.33. The van der Waals surface area contributed by atoms with E-state index in [4.69, 9.17) is 139 Å². The maximum Gasteiger partial charge on any atom is 0.250 e. The lowest BCUT2D eigenvalue weighted by molar-refractivity contribution is 0.498. The molecule has 0 spiro atoms. The van der Waals surface area contributed by atoms with Crippen LogP contribution in [-0.2, 0) is 13.0 Å². The summed E-state index contributed by atoms with van der Waals surface area (Å²) in [6.07, 6.45) is 5.39. The van der Waals surface area contributed by atoms with Gasteiger partial charge in [-0.3, -0.25) is 0 Å². The molecule has 34 heavy (non-hydrogen) atoms. The second kappa shape index (κ2) is 10.3. The minimum atomic E-state index is -2.16. The van der Waals surface area contributed by atoms with Crippen LogP contribution in [0.1, 0.15) is 29.7 Å². The predicted molar refractivity (Wildman–Crippen MR) is 141 cm³/mol. The number of rotatable bonds is 2. The van der Waals surface area contributed by atoms with Gasteiger partial charge in [0.15, 0.2) is 17.5 Å². The molecule has 0 radical (unpaired) electrons. The van der Waals surface area contributed by atoms with Gasteiger partial charge in [-0.25, -0.2) is 29.9 Å². The summed E-state index contributed by atoms with van der Waals surface area (Å²) in [5.74, 6) is -0.824. The van der Waals surface area contributed by atoms with Crippen molar-refractivity contribution in [3.05, 3.63) is 53.7 Å². The minimum Gasteiger partial charge on any atom is -0.225 e. The van der Waals surface area contributed by atoms with E-state index < -0.39 is 32.2 Å². The summed E-state index contributed by atoms with van der Waals surface area (Å²) < 4.78 is -8.51. The Bertz CT molecular complexity index is 1100. The molecule has 1 atom stereocenters. The molecule has 1 aliphatic rings. The highest BCUT2D eigenvalue weighted by Gasteiger charge is 2.54. The van der Waals surface area contributed by atoms with Crippen LogP contribution in [0.25, 0.3) is 5.57 Å². The maximum atomic E-state index is 6.43. The van der Waals surface area contributed by atoms with E-state index in [0.717, 1.165) is 0 Å². The molecule has 0 fully saturated rings. The summed E-state index contributed by atoms with van der Waals surface area (Å²) in [5, 5.41) is 0. The van der Waals surface area contributed by atoms with Crippen LogP contribution in [0.4, 0.5) is 0 Å². The lowest BCUT2D eigenvalue weighted by atomic mass is 9.77. The van der Waals surface area contributed by atoms with E-state index in [-0.39, 0.29) is 23.6 Å². The fourth-order valence-electron chi connectivity index (χ4n) is 2.89. The first-order valence-electron chi connectivity index (χ1n) is 8.47. The Morgan fingerprint density at radius 2 is 1.18 bits per heavy atom. The number of aromatic nitrogens is 6. The monoisotopic (exact) mass is 702 g/mol. The second-order valence-corrected chi connectivity index (χ2v) is 15.7. The molecule has 1 unspecified atom stereocenters. The van der Waals surface area contributed by atoms with Gasteiger partial charge in [0, 0.05) is 11.1 Å². The van der Waals surface area contributed by atoms with Crippen LogP contribution in [-0.4, -0.2) is 37.5 Å². The van der Waals surface area contributed by atoms with E-state index in [1.807, 2.05) is 0 Å². The Morgan fingerprint density at radius 3 is 1.59 bits per heavy atom. The van der Waals surface area contributed by atoms with Crippen LogP contribution in [0.3, 0.4) is 0 Å². The molecular formula is C16H6Cl12N6. The molecule has 0 amide bonds. The van der Waals surface area contributed by atoms with Crippen molar-refractivity contribution in [3.63, 3.8) is 0 Å². The fraction of sp³-hybridized carbons (Fsp3) is 0.375. The van der Waals surface area contributed by atoms with Crippen molar-refractivity contribution in [3.8, 4) is 0 Å². The zero-order valence-corrected chi connectivity index (χ0v) is 24.8. The van der Waals surface area contributed by atoms with Gasteiger partial charge in [0.2, 0.25) is 15.2 Å². The van der Waals surface area contributed by atoms with Gasteiger partial charge in [0.25, 0.3) is 0 Å². The van der Waals surface area contributed by atoms with Gasteiger partial charge in [0.05, 0.1) is 5.41 Å². The average molecular weight is 708 g/mol. The summed E-state index contributed by atoms with van der Waals surface area (Å²) >= 11 is 74.1. The highest BCUT2D eigenvalue weighted by atomic mass is 35.6. The summed E-state index contributed by atoms with van der Waals surface area (Å²) in [7, 11) is 0. The molecule has 0 aliphatic heterocycles. The second-order valence-electron chi connectivity index (χ2n) is 6.61. The molecule has 0 saturated heterocycles. The average Bonchev–Trinajstić information content (AvgIpc) is 2.71. The lowest BCUT2D eigenvalue weighted by Gasteiger charge is -2.39. The van der Waals surface area contributed by atoms with Crippen molar-refractivity contribution < 1.29 is 0 Å². The van der Waals surface area contributed by atoms with Gasteiger partial charge in [0.1, 0.15) is 18.5 Å². The SMILES string of the molecule is ClC(Cl)(Cl)C1=CC(c2nc(C(Cl)(Cl)Cl)nc(C(Cl)(Cl)Cl)n2)(C(Cl)(Cl)Cl)CC=C1c1ncncn1. The van der Waals surface area contributed by atoms with E-state index in [9.17, 15) is 0 Å². The quantitative estimate of drug-likeness (QED) is 0.294. The van der Waals surface area contributed by atoms with Crippen LogP contribution >= 0.6 is 139 Å². The fourth-order valence-corrected chi connectivity index (χ4v) is 4.51. The molecule has 18 heteroatoms. The normalized spacial score (nSPS) is 20.1. The predicted octanol–water partition coefficient (Wildman–Crippen LogP) is 8.10. The van der Waals surface area contributed by atoms with Crippen molar-refractivity contribution in [1.29, 1.82) is 0 Å². The molecule has 0 saturated carbocycles. The summed E-state index contributed by atoms with van der Waals surface area (Å²) in [6.45, 7) is 0. The molecular weight excluding hydrogens is 702 g/mol. The van der Waals surface area contributed by atoms with Crippen molar-refractivity contribution in [1.82, 2.24) is 29.9 Å². The van der Waals surface area contributed by atoms with Crippen molar-refractivity contribution in [2.75, 3.05) is 0 Å². The highest BCUT2D eigenvalue weighted by molar-refractivity contribution is 6.71. The summed E-state index contributed by atoms with van der Waals surface area (Å²) in [4.78, 5) is 24.3. The number of halogens is 12. The van der Waals surface area contributed by atoms with Gasteiger partial charge in [-0.15, -0.1) is 0 Å². The number of nitrogens with zero attached hydrogens (tertiary/aromatic N) is 6. The lowest BCUT2D eigenvalue weighted by Crippen LogP contribution is -2.43. The summed E-state index contributed by atoms with van der Waals surface area (Å²) in [6, 6.07) is 0. The molecule has 2 aromatic heterocycles. The topological polar surface area (TPSA) is 77.3 Å². The number of allylic oxidation sites excluding steroid dienone is 4. The molecule has 6 nitrogen and oxygen atoms in total. The molecule has 2 aromatic rings. The highest BCUT2D eigenvalue weighted by Crippen LogP contribution is 2.56. The number of alkyl halides is 12. The Labute approximate surface area is 253 Å². The first-order chi connectivity index (χ1) is 15.4. The molecule has 0 bridgehead atoms. The van der Waals surface area contributed by atoms with Crippen LogP contribution in [0.5, 0.6) is 0 Å². The number of hydrogen-bond donors (Lipinski definition) is 0. The van der Waals surface area contributed by atoms with Crippen LogP contribution in [0.15, 0.2) is 30.4 Å². The van der Waals surface area contributed by atoms with E-state index in [1.165, 1.54) is 18.7 Å². The first-order valence-corrected chi connectivity index (χ1v) is 13.0. The Morgan fingerprint density at radius 1 is 0.676 bits per heavy atom. The standard InChI is InChI=1S/C16H6Cl12N6/c17-13(18,19)7-3-12(16(26,27)28,2-1-6(7)8-30-4-29-5-31-8)9-32-10(14(20,21)22)34-11(33-9)15(23,24)25/h1,3-5H,2H2. The molecule has 0 N–H and O–H groups in total. The van der Waals surface area contributed by atoms with Gasteiger partial charge in [-0.2, -0.15) is 0 Å². The van der Waals surface area contributed by atoms with Gasteiger partial charge in [-0.05, 0) is 6.42 Å². The third-order valence-corrected chi connectivity index (χ3v) is 7.03. The van der Waals surface area contributed by atoms with Crippen LogP contribution in [0.2, 0.25) is 0 Å². The Kier molecular flexibility index (Phi) is 8.92. The minimum absolute atomic E-state index is 0.0487. The van der Waals surface area contributed by atoms with Crippen LogP contribution in [0, 0.1) is 0 Å². The molecule has 184 valence electrons. The van der Waals surface area contributed by atoms with Gasteiger partial charge < -0.3 is 0 Å². The van der Waals surface area contributed by atoms with Gasteiger partial charge >= 0.3 is 0 Å². The molecule has 2 heterocycles. The zero-order valence-electron chi connectivity index (χ0n) is 15.7. The molecule has 0 aromatic carbocycles. The smallest absolute Gasteiger partial charge is 0.225 e. The van der Waals surface area contributed by atoms with Crippen molar-refractivity contribution >= 4 is 145 Å². The van der Waals surface area contributed by atoms with E-state index in [1.54, 1.807) is 6.08 Å². The summed E-state index contributed by atoms with van der Waals surface area (Å²) in [5.41, 5.74) is -1.33. The van der Waals surface area contributed by atoms with E-state index in [2.05, 4.69) is 29.9 Å². The Hall–Kier alpha value is 0.980. The number of hydrogen-bond acceptors (Lipinski definition) is 6. The van der Waals surface area contributed by atoms with E-state index >= 15 is 0 Å². The Balaban J connectivity index is 2.35. The van der Waals surface area contributed by atoms with Crippen molar-refractivity contribution in [2.45, 2.75) is 27.0 Å². The van der Waals surface area contributed by atoms with E-state index in [0.29, 0.717) is 5.57 Å². The first kappa shape index (κ1) is 29.5. The van der Waals surface area contributed by atoms with Crippen molar-refractivity contribution in [2.24, 2.45) is 0 Å². The maximum absolute atomic E-state index is 6.43. The largest absolute Gasteiger partial charge is 0.250 e.